The van der Waals surface area contributed by atoms with Crippen LogP contribution < -0.4 is 5.32 Å². The molecule has 1 heterocycles. The fourth-order valence-electron chi connectivity index (χ4n) is 4.49. The van der Waals surface area contributed by atoms with Crippen molar-refractivity contribution in [3.8, 4) is 0 Å². The Balaban J connectivity index is 2.45. The van der Waals surface area contributed by atoms with Gasteiger partial charge in [0, 0.05) is 6.42 Å². The van der Waals surface area contributed by atoms with Crippen molar-refractivity contribution in [3.05, 3.63) is 0 Å². The lowest BCUT2D eigenvalue weighted by atomic mass is 9.99. The Labute approximate surface area is 217 Å². The Morgan fingerprint density at radius 2 is 1.39 bits per heavy atom. The molecule has 1 aliphatic heterocycles. The van der Waals surface area contributed by atoms with E-state index in [9.17, 15) is 30.3 Å². The molecule has 214 valence electrons. The van der Waals surface area contributed by atoms with E-state index in [0.717, 1.165) is 32.1 Å². The summed E-state index contributed by atoms with van der Waals surface area (Å²) < 4.78 is 11.0. The number of carbonyl (C=O) groups is 1. The third kappa shape index (κ3) is 13.1. The van der Waals surface area contributed by atoms with E-state index in [0.29, 0.717) is 12.8 Å². The molecule has 0 spiro atoms. The normalized spacial score (nSPS) is 26.0. The van der Waals surface area contributed by atoms with Crippen LogP contribution in [0.15, 0.2) is 0 Å². The van der Waals surface area contributed by atoms with Crippen molar-refractivity contribution in [3.63, 3.8) is 0 Å². The lowest BCUT2D eigenvalue weighted by molar-refractivity contribution is -0.302. The van der Waals surface area contributed by atoms with Crippen LogP contribution in [-0.2, 0) is 14.3 Å². The Hall–Kier alpha value is -0.810. The quantitative estimate of drug-likeness (QED) is 0.127. The van der Waals surface area contributed by atoms with Gasteiger partial charge in [0.15, 0.2) is 6.29 Å². The number of nitrogens with one attached hydrogen (secondary N) is 1. The highest BCUT2D eigenvalue weighted by molar-refractivity contribution is 5.76. The van der Waals surface area contributed by atoms with Gasteiger partial charge in [0.1, 0.15) is 24.4 Å². The zero-order chi connectivity index (χ0) is 26.8. The van der Waals surface area contributed by atoms with Crippen LogP contribution in [0, 0.1) is 0 Å². The van der Waals surface area contributed by atoms with Crippen molar-refractivity contribution in [2.75, 3.05) is 13.2 Å². The summed E-state index contributed by atoms with van der Waals surface area (Å²) in [7, 11) is 0. The van der Waals surface area contributed by atoms with Gasteiger partial charge in [-0.05, 0) is 12.8 Å². The minimum Gasteiger partial charge on any atom is -0.394 e. The third-order valence-corrected chi connectivity index (χ3v) is 6.96. The molecular formula is C27H53NO8. The van der Waals surface area contributed by atoms with Crippen molar-refractivity contribution in [2.24, 2.45) is 0 Å². The Bertz CT molecular complexity index is 550. The van der Waals surface area contributed by atoms with E-state index in [2.05, 4.69) is 12.2 Å². The van der Waals surface area contributed by atoms with Crippen LogP contribution in [0.4, 0.5) is 0 Å². The summed E-state index contributed by atoms with van der Waals surface area (Å²) in [5.41, 5.74) is 0. The number of ether oxygens (including phenoxy) is 2. The number of hydrogen-bond donors (Lipinski definition) is 6. The van der Waals surface area contributed by atoms with E-state index in [1.165, 1.54) is 51.4 Å². The average Bonchev–Trinajstić information content (AvgIpc) is 2.87. The van der Waals surface area contributed by atoms with Gasteiger partial charge in [0.2, 0.25) is 5.91 Å². The molecule has 0 saturated carbocycles. The summed E-state index contributed by atoms with van der Waals surface area (Å²) in [4.78, 5) is 12.3. The van der Waals surface area contributed by atoms with Crippen molar-refractivity contribution in [2.45, 2.75) is 153 Å². The van der Waals surface area contributed by atoms with Crippen molar-refractivity contribution < 1.29 is 39.8 Å². The molecule has 1 saturated heterocycles. The van der Waals surface area contributed by atoms with Crippen molar-refractivity contribution in [1.29, 1.82) is 0 Å². The maximum absolute atomic E-state index is 12.3. The standard InChI is InChI=1S/C27H53NO8/c1-3-5-7-8-9-10-11-12-13-14-15-16-21(30)20(28-23(31)17-6-4-2)19-35-27-26(34)25(33)24(32)22(18-29)36-27/h20-22,24-27,29-30,32-34H,3-19H2,1-2H3,(H,28,31). The minimum atomic E-state index is -1.54. The molecule has 9 nitrogen and oxygen atoms in total. The highest BCUT2D eigenvalue weighted by Crippen LogP contribution is 2.22. The van der Waals surface area contributed by atoms with Crippen LogP contribution >= 0.6 is 0 Å². The lowest BCUT2D eigenvalue weighted by Crippen LogP contribution is -2.60. The molecule has 0 aromatic heterocycles. The van der Waals surface area contributed by atoms with Crippen LogP contribution in [0.25, 0.3) is 0 Å². The maximum atomic E-state index is 12.3. The molecule has 0 bridgehead atoms. The third-order valence-electron chi connectivity index (χ3n) is 6.96. The van der Waals surface area contributed by atoms with Gasteiger partial charge in [0.05, 0.1) is 25.4 Å². The topological polar surface area (TPSA) is 149 Å². The number of rotatable bonds is 21. The summed E-state index contributed by atoms with van der Waals surface area (Å²) in [5.74, 6) is -0.183. The first kappa shape index (κ1) is 33.2. The molecule has 36 heavy (non-hydrogen) atoms. The molecule has 0 radical (unpaired) electrons. The van der Waals surface area contributed by atoms with E-state index in [1.54, 1.807) is 0 Å². The van der Waals surface area contributed by atoms with E-state index in [1.807, 2.05) is 6.92 Å². The SMILES string of the molecule is CCCCCCCCCCCCCC(O)C(COC1OC(CO)C(O)C(O)C1O)NC(=O)CCCC. The summed E-state index contributed by atoms with van der Waals surface area (Å²) in [5, 5.41) is 53.1. The second-order valence-corrected chi connectivity index (χ2v) is 10.2. The number of aliphatic hydroxyl groups excluding tert-OH is 5. The summed E-state index contributed by atoms with van der Waals surface area (Å²) in [6, 6.07) is -0.704. The van der Waals surface area contributed by atoms with Gasteiger partial charge in [0.25, 0.3) is 0 Å². The van der Waals surface area contributed by atoms with Crippen LogP contribution in [0.3, 0.4) is 0 Å². The fourth-order valence-corrected chi connectivity index (χ4v) is 4.49. The van der Waals surface area contributed by atoms with Crippen molar-refractivity contribution in [1.82, 2.24) is 5.32 Å². The van der Waals surface area contributed by atoms with Gasteiger partial charge < -0.3 is 40.3 Å². The molecule has 1 fully saturated rings. The second-order valence-electron chi connectivity index (χ2n) is 10.2. The molecule has 0 aliphatic carbocycles. The number of unbranched alkanes of at least 4 members (excludes halogenated alkanes) is 11. The minimum absolute atomic E-state index is 0.139. The maximum Gasteiger partial charge on any atom is 0.220 e. The predicted octanol–water partition coefficient (Wildman–Crippen LogP) is 2.54. The second kappa shape index (κ2) is 20.2. The summed E-state index contributed by atoms with van der Waals surface area (Å²) in [6.07, 6.45) is 7.99. The van der Waals surface area contributed by atoms with E-state index >= 15 is 0 Å². The van der Waals surface area contributed by atoms with Gasteiger partial charge in [-0.15, -0.1) is 0 Å². The highest BCUT2D eigenvalue weighted by Gasteiger charge is 2.44. The fraction of sp³-hybridized carbons (Fsp3) is 0.963. The van der Waals surface area contributed by atoms with Gasteiger partial charge in [-0.3, -0.25) is 4.79 Å². The van der Waals surface area contributed by atoms with Crippen LogP contribution in [0.2, 0.25) is 0 Å². The van der Waals surface area contributed by atoms with Gasteiger partial charge in [-0.2, -0.15) is 0 Å². The lowest BCUT2D eigenvalue weighted by Gasteiger charge is -2.40. The first-order chi connectivity index (χ1) is 17.3. The van der Waals surface area contributed by atoms with E-state index in [-0.39, 0.29) is 12.5 Å². The number of aliphatic hydroxyl groups is 5. The van der Waals surface area contributed by atoms with Crippen molar-refractivity contribution >= 4 is 5.91 Å². The molecule has 7 atom stereocenters. The molecule has 6 N–H and O–H groups in total. The van der Waals surface area contributed by atoms with E-state index < -0.39 is 49.5 Å². The number of hydrogen-bond acceptors (Lipinski definition) is 8. The Morgan fingerprint density at radius 3 is 1.94 bits per heavy atom. The molecule has 1 aliphatic rings. The summed E-state index contributed by atoms with van der Waals surface area (Å²) in [6.45, 7) is 3.53. The van der Waals surface area contributed by atoms with Gasteiger partial charge >= 0.3 is 0 Å². The first-order valence-electron chi connectivity index (χ1n) is 14.2. The van der Waals surface area contributed by atoms with Crippen LogP contribution in [0.1, 0.15) is 110 Å². The average molecular weight is 520 g/mol. The monoisotopic (exact) mass is 519 g/mol. The molecule has 1 amide bonds. The molecule has 9 heteroatoms. The molecular weight excluding hydrogens is 466 g/mol. The first-order valence-corrected chi connectivity index (χ1v) is 14.2. The van der Waals surface area contributed by atoms with Crippen LogP contribution in [0.5, 0.6) is 0 Å². The molecule has 0 aromatic carbocycles. The largest absolute Gasteiger partial charge is 0.394 e. The predicted molar refractivity (Wildman–Crippen MR) is 138 cm³/mol. The van der Waals surface area contributed by atoms with Gasteiger partial charge in [-0.25, -0.2) is 0 Å². The number of amides is 1. The van der Waals surface area contributed by atoms with Crippen LogP contribution in [-0.4, -0.2) is 87.5 Å². The zero-order valence-corrected chi connectivity index (χ0v) is 22.5. The smallest absolute Gasteiger partial charge is 0.220 e. The molecule has 1 rings (SSSR count). The summed E-state index contributed by atoms with van der Waals surface area (Å²) >= 11 is 0. The Kier molecular flexibility index (Phi) is 18.6. The van der Waals surface area contributed by atoms with E-state index in [4.69, 9.17) is 9.47 Å². The number of carbonyl (C=O) groups excluding carboxylic acids is 1. The molecule has 7 unspecified atom stereocenters. The Morgan fingerprint density at radius 1 is 0.833 bits per heavy atom. The highest BCUT2D eigenvalue weighted by atomic mass is 16.7. The van der Waals surface area contributed by atoms with Gasteiger partial charge in [-0.1, -0.05) is 90.9 Å². The molecule has 0 aromatic rings. The zero-order valence-electron chi connectivity index (χ0n) is 22.5.